The first-order valence-electron chi connectivity index (χ1n) is 5.51. The fourth-order valence-corrected chi connectivity index (χ4v) is 1.63. The van der Waals surface area contributed by atoms with Crippen molar-refractivity contribution in [1.82, 2.24) is 9.55 Å². The smallest absolute Gasteiger partial charge is 0.274 e. The van der Waals surface area contributed by atoms with Gasteiger partial charge < -0.3 is 14.6 Å². The predicted octanol–water partition coefficient (Wildman–Crippen LogP) is 1.55. The SMILES string of the molecule is COc1cc(C#N)ccc1NC(=O)c1cncn1C. The first-order valence-corrected chi connectivity index (χ1v) is 5.51. The summed E-state index contributed by atoms with van der Waals surface area (Å²) in [4.78, 5) is 15.9. The molecule has 0 atom stereocenters. The van der Waals surface area contributed by atoms with Gasteiger partial charge in [-0.2, -0.15) is 5.26 Å². The summed E-state index contributed by atoms with van der Waals surface area (Å²) in [5.41, 5.74) is 1.41. The lowest BCUT2D eigenvalue weighted by Crippen LogP contribution is -2.15. The minimum absolute atomic E-state index is 0.289. The minimum Gasteiger partial charge on any atom is -0.495 e. The number of anilines is 1. The number of methoxy groups -OCH3 is 1. The molecule has 0 aliphatic rings. The molecule has 1 aromatic heterocycles. The van der Waals surface area contributed by atoms with Crippen molar-refractivity contribution in [2.75, 3.05) is 12.4 Å². The topological polar surface area (TPSA) is 79.9 Å². The summed E-state index contributed by atoms with van der Waals surface area (Å²) in [6.45, 7) is 0. The lowest BCUT2D eigenvalue weighted by molar-refractivity contribution is 0.101. The van der Waals surface area contributed by atoms with Gasteiger partial charge in [-0.05, 0) is 12.1 Å². The van der Waals surface area contributed by atoms with Crippen LogP contribution in [0.1, 0.15) is 16.1 Å². The molecule has 1 heterocycles. The van der Waals surface area contributed by atoms with E-state index in [9.17, 15) is 4.79 Å². The second-order valence-corrected chi connectivity index (χ2v) is 3.87. The Bertz CT molecular complexity index is 655. The molecular weight excluding hydrogens is 244 g/mol. The van der Waals surface area contributed by atoms with E-state index in [1.807, 2.05) is 6.07 Å². The number of amides is 1. The molecule has 2 rings (SSSR count). The maximum atomic E-state index is 12.0. The molecule has 1 N–H and O–H groups in total. The number of carbonyl (C=O) groups is 1. The van der Waals surface area contributed by atoms with Crippen molar-refractivity contribution in [2.45, 2.75) is 0 Å². The number of imidazole rings is 1. The summed E-state index contributed by atoms with van der Waals surface area (Å²) in [5.74, 6) is 0.151. The van der Waals surface area contributed by atoms with Crippen molar-refractivity contribution in [3.8, 4) is 11.8 Å². The first kappa shape index (κ1) is 12.6. The number of rotatable bonds is 3. The highest BCUT2D eigenvalue weighted by molar-refractivity contribution is 6.03. The van der Waals surface area contributed by atoms with E-state index < -0.39 is 0 Å². The van der Waals surface area contributed by atoms with Crippen molar-refractivity contribution < 1.29 is 9.53 Å². The van der Waals surface area contributed by atoms with Gasteiger partial charge in [-0.15, -0.1) is 0 Å². The van der Waals surface area contributed by atoms with Gasteiger partial charge in [-0.25, -0.2) is 4.98 Å². The van der Waals surface area contributed by atoms with Gasteiger partial charge in [0.1, 0.15) is 11.4 Å². The van der Waals surface area contributed by atoms with E-state index in [-0.39, 0.29) is 5.91 Å². The van der Waals surface area contributed by atoms with Gasteiger partial charge in [-0.1, -0.05) is 0 Å². The first-order chi connectivity index (χ1) is 9.15. The van der Waals surface area contributed by atoms with Crippen molar-refractivity contribution in [1.29, 1.82) is 5.26 Å². The quantitative estimate of drug-likeness (QED) is 0.903. The number of aryl methyl sites for hydroxylation is 1. The van der Waals surface area contributed by atoms with Crippen LogP contribution in [0.4, 0.5) is 5.69 Å². The zero-order valence-corrected chi connectivity index (χ0v) is 10.5. The van der Waals surface area contributed by atoms with Crippen molar-refractivity contribution in [3.05, 3.63) is 42.0 Å². The van der Waals surface area contributed by atoms with Gasteiger partial charge in [0.05, 0.1) is 37.0 Å². The molecule has 0 radical (unpaired) electrons. The molecule has 0 saturated carbocycles. The fourth-order valence-electron chi connectivity index (χ4n) is 1.63. The number of nitrogens with one attached hydrogen (secondary N) is 1. The van der Waals surface area contributed by atoms with E-state index in [4.69, 9.17) is 10.00 Å². The lowest BCUT2D eigenvalue weighted by atomic mass is 10.2. The average Bonchev–Trinajstić information content (AvgIpc) is 2.85. The summed E-state index contributed by atoms with van der Waals surface area (Å²) >= 11 is 0. The van der Waals surface area contributed by atoms with E-state index in [2.05, 4.69) is 10.3 Å². The normalized spacial score (nSPS) is 9.74. The van der Waals surface area contributed by atoms with Crippen molar-refractivity contribution in [3.63, 3.8) is 0 Å². The standard InChI is InChI=1S/C13H12N4O2/c1-17-8-15-7-11(17)13(18)16-10-4-3-9(6-14)5-12(10)19-2/h3-5,7-8H,1-2H3,(H,16,18). The van der Waals surface area contributed by atoms with Gasteiger partial charge in [0, 0.05) is 13.1 Å². The molecule has 0 fully saturated rings. The number of benzene rings is 1. The van der Waals surface area contributed by atoms with Crippen molar-refractivity contribution in [2.24, 2.45) is 7.05 Å². The van der Waals surface area contributed by atoms with Crippen LogP contribution < -0.4 is 10.1 Å². The molecule has 0 aliphatic carbocycles. The predicted molar refractivity (Wildman–Crippen MR) is 68.9 cm³/mol. The molecule has 0 saturated heterocycles. The fraction of sp³-hybridized carbons (Fsp3) is 0.154. The lowest BCUT2D eigenvalue weighted by Gasteiger charge is -2.10. The second-order valence-electron chi connectivity index (χ2n) is 3.87. The average molecular weight is 256 g/mol. The van der Waals surface area contributed by atoms with E-state index in [1.54, 1.807) is 36.1 Å². The number of ether oxygens (including phenoxy) is 1. The zero-order valence-electron chi connectivity index (χ0n) is 10.5. The molecule has 6 nitrogen and oxygen atoms in total. The maximum absolute atomic E-state index is 12.0. The molecule has 96 valence electrons. The molecule has 0 spiro atoms. The third-order valence-corrected chi connectivity index (χ3v) is 2.63. The highest BCUT2D eigenvalue weighted by Crippen LogP contribution is 2.25. The van der Waals surface area contributed by atoms with Gasteiger partial charge in [-0.3, -0.25) is 4.79 Å². The molecule has 19 heavy (non-hydrogen) atoms. The molecule has 6 heteroatoms. The summed E-state index contributed by atoms with van der Waals surface area (Å²) < 4.78 is 6.76. The molecule has 0 bridgehead atoms. The van der Waals surface area contributed by atoms with E-state index in [0.717, 1.165) is 0 Å². The van der Waals surface area contributed by atoms with Crippen LogP contribution in [-0.4, -0.2) is 22.6 Å². The van der Waals surface area contributed by atoms with E-state index in [1.165, 1.54) is 13.3 Å². The van der Waals surface area contributed by atoms with E-state index in [0.29, 0.717) is 22.7 Å². The zero-order chi connectivity index (χ0) is 13.8. The Balaban J connectivity index is 2.27. The number of hydrogen-bond acceptors (Lipinski definition) is 4. The number of aromatic nitrogens is 2. The number of hydrogen-bond donors (Lipinski definition) is 1. The molecule has 1 aromatic carbocycles. The highest BCUT2D eigenvalue weighted by Gasteiger charge is 2.13. The number of nitrogens with zero attached hydrogens (tertiary/aromatic N) is 3. The van der Waals surface area contributed by atoms with Gasteiger partial charge in [0.25, 0.3) is 5.91 Å². The van der Waals surface area contributed by atoms with Gasteiger partial charge in [0.15, 0.2) is 0 Å². The third-order valence-electron chi connectivity index (χ3n) is 2.63. The summed E-state index contributed by atoms with van der Waals surface area (Å²) in [6, 6.07) is 6.82. The third kappa shape index (κ3) is 2.55. The number of carbonyl (C=O) groups excluding carboxylic acids is 1. The molecule has 2 aromatic rings. The van der Waals surface area contributed by atoms with Gasteiger partial charge >= 0.3 is 0 Å². The Morgan fingerprint density at radius 2 is 2.32 bits per heavy atom. The van der Waals surface area contributed by atoms with Crippen LogP contribution in [0.2, 0.25) is 0 Å². The Kier molecular flexibility index (Phi) is 3.48. The summed E-state index contributed by atoms with van der Waals surface area (Å²) in [5, 5.41) is 11.5. The molecular formula is C13H12N4O2. The Hall–Kier alpha value is -2.81. The second kappa shape index (κ2) is 5.23. The van der Waals surface area contributed by atoms with Crippen LogP contribution in [0.5, 0.6) is 5.75 Å². The van der Waals surface area contributed by atoms with Crippen molar-refractivity contribution >= 4 is 11.6 Å². The monoisotopic (exact) mass is 256 g/mol. The van der Waals surface area contributed by atoms with E-state index >= 15 is 0 Å². The van der Waals surface area contributed by atoms with Crippen LogP contribution in [0.3, 0.4) is 0 Å². The Labute approximate surface area is 110 Å². The summed E-state index contributed by atoms with van der Waals surface area (Å²) in [6.07, 6.45) is 3.02. The minimum atomic E-state index is -0.289. The largest absolute Gasteiger partial charge is 0.495 e. The van der Waals surface area contributed by atoms with Crippen LogP contribution in [-0.2, 0) is 7.05 Å². The molecule has 0 aliphatic heterocycles. The Morgan fingerprint density at radius 3 is 2.89 bits per heavy atom. The maximum Gasteiger partial charge on any atom is 0.274 e. The highest BCUT2D eigenvalue weighted by atomic mass is 16.5. The van der Waals surface area contributed by atoms with Crippen LogP contribution >= 0.6 is 0 Å². The summed E-state index contributed by atoms with van der Waals surface area (Å²) in [7, 11) is 3.22. The van der Waals surface area contributed by atoms with Crippen LogP contribution in [0, 0.1) is 11.3 Å². The number of nitriles is 1. The molecule has 1 amide bonds. The van der Waals surface area contributed by atoms with Crippen LogP contribution in [0.25, 0.3) is 0 Å². The molecule has 0 unspecified atom stereocenters. The Morgan fingerprint density at radius 1 is 1.53 bits per heavy atom. The van der Waals surface area contributed by atoms with Crippen LogP contribution in [0.15, 0.2) is 30.7 Å². The van der Waals surface area contributed by atoms with Gasteiger partial charge in [0.2, 0.25) is 0 Å².